The Labute approximate surface area is 99.0 Å². The van der Waals surface area contributed by atoms with Crippen molar-refractivity contribution in [2.24, 2.45) is 11.7 Å². The molecule has 0 saturated carbocycles. The van der Waals surface area contributed by atoms with Gasteiger partial charge in [0.15, 0.2) is 0 Å². The maximum absolute atomic E-state index is 10.9. The van der Waals surface area contributed by atoms with Crippen LogP contribution in [-0.2, 0) is 11.2 Å². The Balaban J connectivity index is 2.93. The topological polar surface area (TPSA) is 72.5 Å². The van der Waals surface area contributed by atoms with Crippen LogP contribution in [-0.4, -0.2) is 24.7 Å². The second-order valence-corrected chi connectivity index (χ2v) is 3.87. The lowest BCUT2D eigenvalue weighted by molar-refractivity contribution is -0.141. The number of benzene rings is 1. The molecule has 88 valence electrons. The van der Waals surface area contributed by atoms with Crippen LogP contribution in [0.2, 0.25) is 5.02 Å². The molecule has 0 spiro atoms. The van der Waals surface area contributed by atoms with Gasteiger partial charge in [-0.25, -0.2) is 0 Å². The summed E-state index contributed by atoms with van der Waals surface area (Å²) in [7, 11) is 1.53. The van der Waals surface area contributed by atoms with Gasteiger partial charge in [0, 0.05) is 11.6 Å². The number of rotatable bonds is 5. The molecule has 4 nitrogen and oxygen atoms in total. The van der Waals surface area contributed by atoms with Crippen LogP contribution in [0.4, 0.5) is 0 Å². The molecule has 0 aliphatic heterocycles. The zero-order valence-electron chi connectivity index (χ0n) is 8.94. The molecule has 0 heterocycles. The lowest BCUT2D eigenvalue weighted by Crippen LogP contribution is -2.25. The van der Waals surface area contributed by atoms with E-state index < -0.39 is 11.9 Å². The van der Waals surface area contributed by atoms with Crippen molar-refractivity contribution in [3.05, 3.63) is 28.8 Å². The minimum absolute atomic E-state index is 0.0883. The number of halogens is 1. The van der Waals surface area contributed by atoms with Crippen molar-refractivity contribution in [1.82, 2.24) is 0 Å². The van der Waals surface area contributed by atoms with E-state index >= 15 is 0 Å². The third-order valence-electron chi connectivity index (χ3n) is 2.34. The van der Waals surface area contributed by atoms with E-state index in [0.717, 1.165) is 5.56 Å². The average Bonchev–Trinajstić information content (AvgIpc) is 2.25. The normalized spacial score (nSPS) is 12.2. The van der Waals surface area contributed by atoms with Crippen LogP contribution < -0.4 is 10.5 Å². The van der Waals surface area contributed by atoms with Gasteiger partial charge in [-0.05, 0) is 30.2 Å². The van der Waals surface area contributed by atoms with Gasteiger partial charge in [-0.15, -0.1) is 0 Å². The van der Waals surface area contributed by atoms with Gasteiger partial charge in [-0.2, -0.15) is 0 Å². The monoisotopic (exact) mass is 243 g/mol. The molecular weight excluding hydrogens is 230 g/mol. The first-order valence-electron chi connectivity index (χ1n) is 4.83. The Morgan fingerprint density at radius 2 is 2.31 bits per heavy atom. The van der Waals surface area contributed by atoms with E-state index in [1.165, 1.54) is 7.11 Å². The van der Waals surface area contributed by atoms with Crippen LogP contribution in [0.1, 0.15) is 5.56 Å². The van der Waals surface area contributed by atoms with Crippen molar-refractivity contribution >= 4 is 17.6 Å². The number of hydrogen-bond donors (Lipinski definition) is 2. The first kappa shape index (κ1) is 12.8. The zero-order chi connectivity index (χ0) is 12.1. The van der Waals surface area contributed by atoms with Gasteiger partial charge >= 0.3 is 5.97 Å². The summed E-state index contributed by atoms with van der Waals surface area (Å²) in [5.41, 5.74) is 6.15. The van der Waals surface area contributed by atoms with Crippen molar-refractivity contribution in [2.45, 2.75) is 6.42 Å². The van der Waals surface area contributed by atoms with E-state index in [1.807, 2.05) is 0 Å². The molecule has 0 aliphatic rings. The molecule has 5 heteroatoms. The molecule has 1 aromatic rings. The molecule has 1 aromatic carbocycles. The molecule has 3 N–H and O–H groups in total. The Morgan fingerprint density at radius 3 is 2.81 bits per heavy atom. The fourth-order valence-corrected chi connectivity index (χ4v) is 1.64. The van der Waals surface area contributed by atoms with Crippen molar-refractivity contribution in [1.29, 1.82) is 0 Å². The van der Waals surface area contributed by atoms with Crippen LogP contribution >= 0.6 is 11.6 Å². The molecule has 0 saturated heterocycles. The largest absolute Gasteiger partial charge is 0.496 e. The Hall–Kier alpha value is -1.26. The molecule has 0 amide bonds. The van der Waals surface area contributed by atoms with Crippen LogP contribution in [0.25, 0.3) is 0 Å². The highest BCUT2D eigenvalue weighted by Gasteiger charge is 2.18. The van der Waals surface area contributed by atoms with Crippen LogP contribution in [0.3, 0.4) is 0 Å². The summed E-state index contributed by atoms with van der Waals surface area (Å²) in [5, 5.41) is 9.47. The minimum Gasteiger partial charge on any atom is -0.496 e. The SMILES string of the molecule is COc1ccc(Cl)cc1C[C@@H](CN)C(=O)O. The Kier molecular flexibility index (Phi) is 4.58. The zero-order valence-corrected chi connectivity index (χ0v) is 9.70. The van der Waals surface area contributed by atoms with Crippen LogP contribution in [0, 0.1) is 5.92 Å². The van der Waals surface area contributed by atoms with E-state index in [-0.39, 0.29) is 6.54 Å². The maximum Gasteiger partial charge on any atom is 0.308 e. The number of carboxylic acids is 1. The van der Waals surface area contributed by atoms with Gasteiger partial charge < -0.3 is 15.6 Å². The van der Waals surface area contributed by atoms with Gasteiger partial charge in [0.1, 0.15) is 5.75 Å². The van der Waals surface area contributed by atoms with Gasteiger partial charge in [-0.3, -0.25) is 4.79 Å². The van der Waals surface area contributed by atoms with E-state index in [9.17, 15) is 4.79 Å². The van der Waals surface area contributed by atoms with Gasteiger partial charge in [0.05, 0.1) is 13.0 Å². The van der Waals surface area contributed by atoms with Gasteiger partial charge in [-0.1, -0.05) is 11.6 Å². The summed E-state index contributed by atoms with van der Waals surface area (Å²) in [4.78, 5) is 10.9. The highest BCUT2D eigenvalue weighted by molar-refractivity contribution is 6.30. The van der Waals surface area contributed by atoms with Crippen molar-refractivity contribution in [3.8, 4) is 5.75 Å². The highest BCUT2D eigenvalue weighted by Crippen LogP contribution is 2.25. The number of carboxylic acid groups (broad SMARTS) is 1. The quantitative estimate of drug-likeness (QED) is 0.823. The van der Waals surface area contributed by atoms with E-state index in [4.69, 9.17) is 27.2 Å². The molecule has 0 radical (unpaired) electrons. The number of aliphatic carboxylic acids is 1. The molecule has 16 heavy (non-hydrogen) atoms. The molecule has 0 fully saturated rings. The van der Waals surface area contributed by atoms with Crippen LogP contribution in [0.5, 0.6) is 5.75 Å². The van der Waals surface area contributed by atoms with Crippen LogP contribution in [0.15, 0.2) is 18.2 Å². The van der Waals surface area contributed by atoms with Crippen molar-refractivity contribution in [3.63, 3.8) is 0 Å². The average molecular weight is 244 g/mol. The first-order chi connectivity index (χ1) is 7.58. The molecule has 0 aromatic heterocycles. The summed E-state index contributed by atoms with van der Waals surface area (Å²) >= 11 is 5.85. The third kappa shape index (κ3) is 3.12. The van der Waals surface area contributed by atoms with Crippen molar-refractivity contribution < 1.29 is 14.6 Å². The summed E-state index contributed by atoms with van der Waals surface area (Å²) < 4.78 is 5.13. The van der Waals surface area contributed by atoms with Gasteiger partial charge in [0.25, 0.3) is 0 Å². The van der Waals surface area contributed by atoms with Gasteiger partial charge in [0.2, 0.25) is 0 Å². The fourth-order valence-electron chi connectivity index (χ4n) is 1.44. The second-order valence-electron chi connectivity index (χ2n) is 3.43. The predicted molar refractivity (Wildman–Crippen MR) is 61.9 cm³/mol. The second kappa shape index (κ2) is 5.72. The van der Waals surface area contributed by atoms with E-state index in [2.05, 4.69) is 0 Å². The lowest BCUT2D eigenvalue weighted by Gasteiger charge is -2.13. The van der Waals surface area contributed by atoms with E-state index in [0.29, 0.717) is 17.2 Å². The standard InChI is InChI=1S/C11H14ClNO3/c1-16-10-3-2-9(12)5-7(10)4-8(6-13)11(14)15/h2-3,5,8H,4,6,13H2,1H3,(H,14,15)/t8-/m0/s1. The fraction of sp³-hybridized carbons (Fsp3) is 0.364. The molecule has 1 rings (SSSR count). The van der Waals surface area contributed by atoms with Crippen molar-refractivity contribution in [2.75, 3.05) is 13.7 Å². The van der Waals surface area contributed by atoms with E-state index in [1.54, 1.807) is 18.2 Å². The summed E-state index contributed by atoms with van der Waals surface area (Å²) in [6.45, 7) is 0.0883. The Morgan fingerprint density at radius 1 is 1.62 bits per heavy atom. The molecule has 0 aliphatic carbocycles. The Bertz CT molecular complexity index is 381. The molecular formula is C11H14ClNO3. The first-order valence-corrected chi connectivity index (χ1v) is 5.21. The lowest BCUT2D eigenvalue weighted by atomic mass is 9.99. The third-order valence-corrected chi connectivity index (χ3v) is 2.58. The molecule has 0 unspecified atom stereocenters. The number of methoxy groups -OCH3 is 1. The highest BCUT2D eigenvalue weighted by atomic mass is 35.5. The smallest absolute Gasteiger partial charge is 0.308 e. The summed E-state index contributed by atoms with van der Waals surface area (Å²) in [5.74, 6) is -0.902. The predicted octanol–water partition coefficient (Wildman–Crippen LogP) is 1.55. The maximum atomic E-state index is 10.9. The molecule has 1 atom stereocenters. The number of carbonyl (C=O) groups is 1. The summed E-state index contributed by atoms with van der Waals surface area (Å²) in [6.07, 6.45) is 0.315. The minimum atomic E-state index is -0.912. The summed E-state index contributed by atoms with van der Waals surface area (Å²) in [6, 6.07) is 5.11. The molecule has 0 bridgehead atoms. The number of ether oxygens (including phenoxy) is 1. The number of hydrogen-bond acceptors (Lipinski definition) is 3. The number of nitrogens with two attached hydrogens (primary N) is 1.